The van der Waals surface area contributed by atoms with Crippen molar-refractivity contribution in [1.82, 2.24) is 14.8 Å². The van der Waals surface area contributed by atoms with Crippen LogP contribution in [0.5, 0.6) is 0 Å². The van der Waals surface area contributed by atoms with Gasteiger partial charge in [-0.2, -0.15) is 4.98 Å². The first-order valence-electron chi connectivity index (χ1n) is 5.27. The fourth-order valence-electron chi connectivity index (χ4n) is 1.50. The highest BCUT2D eigenvalue weighted by molar-refractivity contribution is 9.10. The topological polar surface area (TPSA) is 85.8 Å². The zero-order chi connectivity index (χ0) is 13.1. The monoisotopic (exact) mass is 309 g/mol. The van der Waals surface area contributed by atoms with Gasteiger partial charge in [-0.25, -0.2) is 4.68 Å². The number of hydrogen-bond acceptors (Lipinski definition) is 4. The van der Waals surface area contributed by atoms with Crippen LogP contribution >= 0.6 is 15.9 Å². The molecule has 0 radical (unpaired) electrons. The van der Waals surface area contributed by atoms with E-state index in [1.165, 1.54) is 4.68 Å². The van der Waals surface area contributed by atoms with Gasteiger partial charge in [-0.05, 0) is 40.5 Å². The van der Waals surface area contributed by atoms with Crippen LogP contribution in [0, 0.1) is 6.92 Å². The third-order valence-electron chi connectivity index (χ3n) is 2.24. The van der Waals surface area contributed by atoms with Crippen LogP contribution < -0.4 is 11.1 Å². The highest BCUT2D eigenvalue weighted by Crippen LogP contribution is 2.11. The summed E-state index contributed by atoms with van der Waals surface area (Å²) in [4.78, 5) is 15.6. The number of anilines is 2. The Morgan fingerprint density at radius 2 is 2.33 bits per heavy atom. The molecule has 2 rings (SSSR count). The summed E-state index contributed by atoms with van der Waals surface area (Å²) in [5, 5.41) is 6.66. The van der Waals surface area contributed by atoms with E-state index in [2.05, 4.69) is 31.3 Å². The predicted molar refractivity (Wildman–Crippen MR) is 71.9 cm³/mol. The van der Waals surface area contributed by atoms with Gasteiger partial charge in [0.1, 0.15) is 6.54 Å². The Balaban J connectivity index is 2.03. The molecule has 0 aliphatic heterocycles. The number of rotatable bonds is 3. The quantitative estimate of drug-likeness (QED) is 0.901. The Kier molecular flexibility index (Phi) is 3.61. The van der Waals surface area contributed by atoms with Crippen LogP contribution in [0.4, 0.5) is 11.6 Å². The van der Waals surface area contributed by atoms with Crippen LogP contribution in [0.2, 0.25) is 0 Å². The number of amides is 1. The Morgan fingerprint density at radius 1 is 1.56 bits per heavy atom. The number of nitrogens with zero attached hydrogens (tertiary/aromatic N) is 3. The molecular formula is C11H12BrN5O. The van der Waals surface area contributed by atoms with Crippen molar-refractivity contribution < 1.29 is 4.79 Å². The Hall–Kier alpha value is -1.89. The summed E-state index contributed by atoms with van der Waals surface area (Å²) < 4.78 is 1.82. The van der Waals surface area contributed by atoms with E-state index in [1.54, 1.807) is 0 Å². The normalized spacial score (nSPS) is 10.3. The lowest BCUT2D eigenvalue weighted by molar-refractivity contribution is -0.116. The number of nitrogens with two attached hydrogens (primary N) is 1. The van der Waals surface area contributed by atoms with Gasteiger partial charge in [-0.1, -0.05) is 12.1 Å². The van der Waals surface area contributed by atoms with Crippen molar-refractivity contribution in [3.05, 3.63) is 34.6 Å². The molecule has 0 atom stereocenters. The van der Waals surface area contributed by atoms with Gasteiger partial charge in [0.15, 0.2) is 4.73 Å². The number of nitrogens with one attached hydrogen (secondary N) is 1. The van der Waals surface area contributed by atoms with Crippen LogP contribution in [0.3, 0.4) is 0 Å². The van der Waals surface area contributed by atoms with Gasteiger partial charge in [0, 0.05) is 5.69 Å². The van der Waals surface area contributed by atoms with Crippen LogP contribution in [-0.2, 0) is 11.3 Å². The Bertz CT molecular complexity index is 581. The molecule has 0 aliphatic carbocycles. The fourth-order valence-corrected chi connectivity index (χ4v) is 1.89. The smallest absolute Gasteiger partial charge is 0.246 e. The van der Waals surface area contributed by atoms with Crippen molar-refractivity contribution >= 4 is 33.5 Å². The molecule has 0 fully saturated rings. The molecule has 1 amide bonds. The molecule has 3 N–H and O–H groups in total. The highest BCUT2D eigenvalue weighted by Gasteiger charge is 2.09. The minimum absolute atomic E-state index is 0.0543. The maximum absolute atomic E-state index is 11.8. The van der Waals surface area contributed by atoms with Gasteiger partial charge < -0.3 is 11.1 Å². The van der Waals surface area contributed by atoms with Crippen molar-refractivity contribution in [2.45, 2.75) is 13.5 Å². The number of carbonyl (C=O) groups is 1. The summed E-state index contributed by atoms with van der Waals surface area (Å²) in [5.74, 6) is -0.0589. The molecule has 0 aliphatic rings. The maximum atomic E-state index is 11.8. The minimum atomic E-state index is -0.189. The van der Waals surface area contributed by atoms with Gasteiger partial charge in [0.25, 0.3) is 0 Å². The SMILES string of the molecule is Cc1cccc(NC(=O)Cn2nc(N)nc2Br)c1. The van der Waals surface area contributed by atoms with Gasteiger partial charge in [0.2, 0.25) is 11.9 Å². The summed E-state index contributed by atoms with van der Waals surface area (Å²) in [6.07, 6.45) is 0. The number of aromatic nitrogens is 3. The number of nitrogen functional groups attached to an aromatic ring is 1. The first-order valence-corrected chi connectivity index (χ1v) is 6.06. The van der Waals surface area contributed by atoms with Gasteiger partial charge in [-0.15, -0.1) is 5.10 Å². The molecule has 1 heterocycles. The molecule has 18 heavy (non-hydrogen) atoms. The lowest BCUT2D eigenvalue weighted by Crippen LogP contribution is -2.19. The summed E-state index contributed by atoms with van der Waals surface area (Å²) in [6, 6.07) is 7.57. The van der Waals surface area contributed by atoms with Crippen molar-refractivity contribution in [3.63, 3.8) is 0 Å². The number of carbonyl (C=O) groups excluding carboxylic acids is 1. The number of benzene rings is 1. The largest absolute Gasteiger partial charge is 0.366 e. The van der Waals surface area contributed by atoms with Crippen LogP contribution in [-0.4, -0.2) is 20.7 Å². The molecular weight excluding hydrogens is 298 g/mol. The molecule has 0 bridgehead atoms. The second-order valence-corrected chi connectivity index (χ2v) is 4.52. The van der Waals surface area contributed by atoms with E-state index in [-0.39, 0.29) is 18.4 Å². The van der Waals surface area contributed by atoms with E-state index in [0.29, 0.717) is 4.73 Å². The van der Waals surface area contributed by atoms with Crippen LogP contribution in [0.1, 0.15) is 5.56 Å². The summed E-state index contributed by atoms with van der Waals surface area (Å²) in [7, 11) is 0. The van der Waals surface area contributed by atoms with Crippen LogP contribution in [0.25, 0.3) is 0 Å². The van der Waals surface area contributed by atoms with E-state index in [9.17, 15) is 4.79 Å². The van der Waals surface area contributed by atoms with Crippen LogP contribution in [0.15, 0.2) is 29.0 Å². The van der Waals surface area contributed by atoms with E-state index in [4.69, 9.17) is 5.73 Å². The van der Waals surface area contributed by atoms with Crippen molar-refractivity contribution in [3.8, 4) is 0 Å². The van der Waals surface area contributed by atoms with E-state index in [0.717, 1.165) is 11.3 Å². The number of aryl methyl sites for hydroxylation is 1. The molecule has 0 saturated heterocycles. The van der Waals surface area contributed by atoms with Crippen molar-refractivity contribution in [2.75, 3.05) is 11.1 Å². The average Bonchev–Trinajstić information content (AvgIpc) is 2.57. The summed E-state index contributed by atoms with van der Waals surface area (Å²) >= 11 is 3.17. The van der Waals surface area contributed by atoms with E-state index < -0.39 is 0 Å². The van der Waals surface area contributed by atoms with E-state index in [1.807, 2.05) is 31.2 Å². The lowest BCUT2D eigenvalue weighted by atomic mass is 10.2. The molecule has 1 aromatic heterocycles. The molecule has 6 nitrogen and oxygen atoms in total. The Labute approximate surface area is 112 Å². The summed E-state index contributed by atoms with van der Waals surface area (Å²) in [6.45, 7) is 2.02. The maximum Gasteiger partial charge on any atom is 0.246 e. The molecule has 0 saturated carbocycles. The minimum Gasteiger partial charge on any atom is -0.366 e. The summed E-state index contributed by atoms with van der Waals surface area (Å²) in [5.41, 5.74) is 7.26. The fraction of sp³-hybridized carbons (Fsp3) is 0.182. The molecule has 7 heteroatoms. The van der Waals surface area contributed by atoms with Crippen molar-refractivity contribution in [1.29, 1.82) is 0 Å². The predicted octanol–water partition coefficient (Wildman–Crippen LogP) is 1.57. The first-order chi connectivity index (χ1) is 8.54. The number of halogens is 1. The Morgan fingerprint density at radius 3 is 2.94 bits per heavy atom. The average molecular weight is 310 g/mol. The van der Waals surface area contributed by atoms with Gasteiger partial charge >= 0.3 is 0 Å². The first kappa shape index (κ1) is 12.6. The molecule has 2 aromatic rings. The second kappa shape index (κ2) is 5.18. The molecule has 0 unspecified atom stereocenters. The molecule has 0 spiro atoms. The van der Waals surface area contributed by atoms with E-state index >= 15 is 0 Å². The lowest BCUT2D eigenvalue weighted by Gasteiger charge is -2.06. The van der Waals surface area contributed by atoms with Gasteiger partial charge in [0.05, 0.1) is 0 Å². The highest BCUT2D eigenvalue weighted by atomic mass is 79.9. The standard InChI is InChI=1S/C11H12BrN5O/c1-7-3-2-4-8(5-7)14-9(18)6-17-10(12)15-11(13)16-17/h2-5H,6H2,1H3,(H2,13,16)(H,14,18). The van der Waals surface area contributed by atoms with Gasteiger partial charge in [-0.3, -0.25) is 4.79 Å². The second-order valence-electron chi connectivity index (χ2n) is 3.81. The zero-order valence-electron chi connectivity index (χ0n) is 9.72. The third kappa shape index (κ3) is 3.07. The third-order valence-corrected chi connectivity index (χ3v) is 2.82. The zero-order valence-corrected chi connectivity index (χ0v) is 11.3. The van der Waals surface area contributed by atoms with Crippen molar-refractivity contribution in [2.24, 2.45) is 0 Å². The molecule has 1 aromatic carbocycles. The molecule has 94 valence electrons. The number of hydrogen-bond donors (Lipinski definition) is 2.